The molecule has 120 valence electrons. The highest BCUT2D eigenvalue weighted by Crippen LogP contribution is 2.44. The van der Waals surface area contributed by atoms with Crippen LogP contribution in [-0.2, 0) is 14.3 Å². The lowest BCUT2D eigenvalue weighted by Crippen LogP contribution is -2.29. The molecule has 2 heterocycles. The van der Waals surface area contributed by atoms with Gasteiger partial charge in [-0.25, -0.2) is 0 Å². The minimum Gasteiger partial charge on any atom is -0.465 e. The highest BCUT2D eigenvalue weighted by molar-refractivity contribution is 6.20. The Balaban J connectivity index is 1.92. The van der Waals surface area contributed by atoms with Gasteiger partial charge in [0.25, 0.3) is 5.91 Å². The summed E-state index contributed by atoms with van der Waals surface area (Å²) in [5, 5.41) is 0.881. The molecule has 0 fully saturated rings. The van der Waals surface area contributed by atoms with Crippen molar-refractivity contribution in [3.63, 3.8) is 0 Å². The lowest BCUT2D eigenvalue weighted by molar-refractivity contribution is -0.147. The Morgan fingerprint density at radius 3 is 2.75 bits per heavy atom. The maximum atomic E-state index is 13.0. The number of nitrogens with zero attached hydrogens (tertiary/aromatic N) is 1. The van der Waals surface area contributed by atoms with Gasteiger partial charge in [-0.05, 0) is 37.3 Å². The molecule has 4 rings (SSSR count). The number of furan rings is 1. The predicted molar refractivity (Wildman–Crippen MR) is 89.2 cm³/mol. The van der Waals surface area contributed by atoms with Gasteiger partial charge in [0.15, 0.2) is 5.92 Å². The molecule has 0 radical (unpaired) electrons. The zero-order chi connectivity index (χ0) is 16.7. The van der Waals surface area contributed by atoms with Crippen LogP contribution in [0.25, 0.3) is 11.0 Å². The van der Waals surface area contributed by atoms with Crippen LogP contribution in [0.1, 0.15) is 18.4 Å². The van der Waals surface area contributed by atoms with E-state index in [-0.39, 0.29) is 12.5 Å². The molecule has 0 N–H and O–H groups in total. The number of ether oxygens (including phenoxy) is 1. The first-order valence-corrected chi connectivity index (χ1v) is 7.77. The molecule has 1 aliphatic heterocycles. The molecular formula is C19H15NO4. The minimum absolute atomic E-state index is 0.228. The molecule has 1 atom stereocenters. The second kappa shape index (κ2) is 5.53. The molecule has 0 aliphatic carbocycles. The van der Waals surface area contributed by atoms with Crippen LogP contribution in [0.2, 0.25) is 0 Å². The zero-order valence-corrected chi connectivity index (χ0v) is 13.1. The summed E-state index contributed by atoms with van der Waals surface area (Å²) in [4.78, 5) is 26.9. The average Bonchev–Trinajstić information content (AvgIpc) is 3.14. The number of carbonyl (C=O) groups is 2. The molecule has 1 amide bonds. The summed E-state index contributed by atoms with van der Waals surface area (Å²) in [6.07, 6.45) is 1.59. The normalized spacial score (nSPS) is 16.5. The van der Waals surface area contributed by atoms with Crippen molar-refractivity contribution in [1.82, 2.24) is 0 Å². The Labute approximate surface area is 138 Å². The van der Waals surface area contributed by atoms with Crippen molar-refractivity contribution in [2.45, 2.75) is 12.8 Å². The van der Waals surface area contributed by atoms with E-state index in [0.29, 0.717) is 16.8 Å². The Hall–Kier alpha value is -3.08. The summed E-state index contributed by atoms with van der Waals surface area (Å²) < 4.78 is 10.5. The van der Waals surface area contributed by atoms with Gasteiger partial charge < -0.3 is 9.15 Å². The van der Waals surface area contributed by atoms with E-state index in [1.807, 2.05) is 42.5 Å². The molecule has 1 aromatic heterocycles. The molecule has 1 aliphatic rings. The van der Waals surface area contributed by atoms with Gasteiger partial charge >= 0.3 is 5.97 Å². The van der Waals surface area contributed by atoms with Crippen LogP contribution in [0, 0.1) is 0 Å². The highest BCUT2D eigenvalue weighted by atomic mass is 16.5. The minimum atomic E-state index is -0.963. The van der Waals surface area contributed by atoms with Crippen molar-refractivity contribution < 1.29 is 18.7 Å². The van der Waals surface area contributed by atoms with Crippen LogP contribution in [0.5, 0.6) is 0 Å². The van der Waals surface area contributed by atoms with E-state index in [4.69, 9.17) is 9.15 Å². The molecule has 0 saturated heterocycles. The van der Waals surface area contributed by atoms with Crippen molar-refractivity contribution >= 4 is 34.2 Å². The van der Waals surface area contributed by atoms with Crippen molar-refractivity contribution in [3.05, 3.63) is 60.4 Å². The molecule has 2 aromatic carbocycles. The predicted octanol–water partition coefficient (Wildman–Crippen LogP) is 3.76. The average molecular weight is 321 g/mol. The number of esters is 1. The number of hydrogen-bond acceptors (Lipinski definition) is 4. The van der Waals surface area contributed by atoms with Gasteiger partial charge in [0.05, 0.1) is 18.6 Å². The van der Waals surface area contributed by atoms with Gasteiger partial charge in [-0.3, -0.25) is 14.5 Å². The number of anilines is 2. The molecule has 5 heteroatoms. The number of benzene rings is 2. The number of para-hydroxylation sites is 1. The van der Waals surface area contributed by atoms with Crippen molar-refractivity contribution in [1.29, 1.82) is 0 Å². The highest BCUT2D eigenvalue weighted by Gasteiger charge is 2.44. The van der Waals surface area contributed by atoms with Crippen LogP contribution in [-0.4, -0.2) is 18.5 Å². The third-order valence-electron chi connectivity index (χ3n) is 4.16. The SMILES string of the molecule is CCOC(=O)C1C(=O)N(c2ccccc2)c2cc3ccoc3cc21. The molecule has 0 saturated carbocycles. The summed E-state index contributed by atoms with van der Waals surface area (Å²) in [5.41, 5.74) is 2.67. The van der Waals surface area contributed by atoms with Gasteiger partial charge in [-0.1, -0.05) is 18.2 Å². The van der Waals surface area contributed by atoms with Crippen molar-refractivity contribution in [2.24, 2.45) is 0 Å². The number of fused-ring (bicyclic) bond motifs is 2. The Bertz CT molecular complexity index is 929. The first kappa shape index (κ1) is 14.5. The molecule has 5 nitrogen and oxygen atoms in total. The lowest BCUT2D eigenvalue weighted by Gasteiger charge is -2.17. The molecular weight excluding hydrogens is 306 g/mol. The Kier molecular flexibility index (Phi) is 3.34. The van der Waals surface area contributed by atoms with Gasteiger partial charge in [0, 0.05) is 16.6 Å². The molecule has 1 unspecified atom stereocenters. The monoisotopic (exact) mass is 321 g/mol. The third kappa shape index (κ3) is 2.09. The lowest BCUT2D eigenvalue weighted by atomic mass is 10.00. The summed E-state index contributed by atoms with van der Waals surface area (Å²) in [5.74, 6) is -1.80. The van der Waals surface area contributed by atoms with Crippen LogP contribution in [0.15, 0.2) is 59.2 Å². The maximum Gasteiger partial charge on any atom is 0.323 e. The largest absolute Gasteiger partial charge is 0.465 e. The first-order chi connectivity index (χ1) is 11.7. The maximum absolute atomic E-state index is 13.0. The van der Waals surface area contributed by atoms with Gasteiger partial charge in [0.1, 0.15) is 5.58 Å². The zero-order valence-electron chi connectivity index (χ0n) is 13.1. The molecule has 3 aromatic rings. The smallest absolute Gasteiger partial charge is 0.323 e. The summed E-state index contributed by atoms with van der Waals surface area (Å²) in [6, 6.07) is 14.7. The van der Waals surface area contributed by atoms with Crippen molar-refractivity contribution in [2.75, 3.05) is 11.5 Å². The van der Waals surface area contributed by atoms with E-state index >= 15 is 0 Å². The third-order valence-corrected chi connectivity index (χ3v) is 4.16. The van der Waals surface area contributed by atoms with Crippen LogP contribution < -0.4 is 4.90 Å². The Morgan fingerprint density at radius 2 is 2.00 bits per heavy atom. The van der Waals surface area contributed by atoms with Crippen LogP contribution in [0.3, 0.4) is 0 Å². The van der Waals surface area contributed by atoms with Gasteiger partial charge in [0.2, 0.25) is 0 Å². The van der Waals surface area contributed by atoms with E-state index in [9.17, 15) is 9.59 Å². The quantitative estimate of drug-likeness (QED) is 0.544. The first-order valence-electron chi connectivity index (χ1n) is 7.77. The fraction of sp³-hybridized carbons (Fsp3) is 0.158. The van der Waals surface area contributed by atoms with E-state index in [2.05, 4.69) is 0 Å². The van der Waals surface area contributed by atoms with Crippen LogP contribution in [0.4, 0.5) is 11.4 Å². The molecule has 0 spiro atoms. The van der Waals surface area contributed by atoms with Crippen LogP contribution >= 0.6 is 0 Å². The topological polar surface area (TPSA) is 59.8 Å². The number of amides is 1. The Morgan fingerprint density at radius 1 is 1.21 bits per heavy atom. The summed E-state index contributed by atoms with van der Waals surface area (Å²) in [7, 11) is 0. The number of carbonyl (C=O) groups excluding carboxylic acids is 2. The fourth-order valence-electron chi connectivity index (χ4n) is 3.12. The standard InChI is InChI=1S/C19H15NO4/c1-2-23-19(22)17-14-11-16-12(8-9-24-16)10-15(14)20(18(17)21)13-6-4-3-5-7-13/h3-11,17H,2H2,1H3. The van der Waals surface area contributed by atoms with Gasteiger partial charge in [-0.2, -0.15) is 0 Å². The van der Waals surface area contributed by atoms with E-state index in [1.54, 1.807) is 24.2 Å². The fourth-order valence-corrected chi connectivity index (χ4v) is 3.12. The second-order valence-corrected chi connectivity index (χ2v) is 5.56. The summed E-state index contributed by atoms with van der Waals surface area (Å²) >= 11 is 0. The molecule has 0 bridgehead atoms. The van der Waals surface area contributed by atoms with Gasteiger partial charge in [-0.15, -0.1) is 0 Å². The summed E-state index contributed by atoms with van der Waals surface area (Å²) in [6.45, 7) is 1.95. The van der Waals surface area contributed by atoms with E-state index in [0.717, 1.165) is 11.1 Å². The number of hydrogen-bond donors (Lipinski definition) is 0. The number of rotatable bonds is 3. The van der Waals surface area contributed by atoms with Crippen molar-refractivity contribution in [3.8, 4) is 0 Å². The van der Waals surface area contributed by atoms with E-state index in [1.165, 1.54) is 0 Å². The van der Waals surface area contributed by atoms with E-state index < -0.39 is 11.9 Å². The second-order valence-electron chi connectivity index (χ2n) is 5.56. The molecule has 24 heavy (non-hydrogen) atoms.